The minimum atomic E-state index is -2.96. The summed E-state index contributed by atoms with van der Waals surface area (Å²) in [5.74, 6) is -0.278. The van der Waals surface area contributed by atoms with Crippen molar-refractivity contribution in [3.05, 3.63) is 76.4 Å². The quantitative estimate of drug-likeness (QED) is 0.390. The van der Waals surface area contributed by atoms with Crippen LogP contribution in [0.2, 0.25) is 0 Å². The largest absolute Gasteiger partial charge is 0.326 e. The number of nitrogens with zero attached hydrogens (tertiary/aromatic N) is 2. The highest BCUT2D eigenvalue weighted by Gasteiger charge is 2.09. The van der Waals surface area contributed by atoms with E-state index < -0.39 is 8.25 Å². The molecule has 0 radical (unpaired) electrons. The third-order valence-electron chi connectivity index (χ3n) is 4.08. The molecule has 0 aliphatic carbocycles. The van der Waals surface area contributed by atoms with Gasteiger partial charge < -0.3 is 14.7 Å². The number of hydrogen-bond acceptors (Lipinski definition) is 4. The maximum absolute atomic E-state index is 12.3. The number of rotatable bonds is 7. The Balaban J connectivity index is 1.67. The fourth-order valence-electron chi connectivity index (χ4n) is 2.72. The number of benzene rings is 2. The van der Waals surface area contributed by atoms with Crippen molar-refractivity contribution in [1.29, 1.82) is 0 Å². The second-order valence-electron chi connectivity index (χ2n) is 6.15. The topological polar surface area (TPSA) is 93.5 Å². The van der Waals surface area contributed by atoms with Crippen LogP contribution in [0.5, 0.6) is 0 Å². The van der Waals surface area contributed by atoms with E-state index in [1.807, 2.05) is 31.3 Å². The summed E-state index contributed by atoms with van der Waals surface area (Å²) < 4.78 is 18.0. The summed E-state index contributed by atoms with van der Waals surface area (Å²) in [6.07, 6.45) is 4.89. The summed E-state index contributed by atoms with van der Waals surface area (Å²) in [6.45, 7) is 0.0439. The van der Waals surface area contributed by atoms with Gasteiger partial charge in [0.2, 0.25) is 5.91 Å². The molecule has 3 aromatic rings. The molecule has 2 aromatic carbocycles. The van der Waals surface area contributed by atoms with Crippen LogP contribution in [0.1, 0.15) is 11.1 Å². The molecule has 0 saturated heterocycles. The monoisotopic (exact) mass is 475 g/mol. The van der Waals surface area contributed by atoms with Gasteiger partial charge >= 0.3 is 8.25 Å². The van der Waals surface area contributed by atoms with Gasteiger partial charge in [-0.3, -0.25) is 14.0 Å². The first-order valence-electron chi connectivity index (χ1n) is 8.64. The first-order chi connectivity index (χ1) is 13.9. The average molecular weight is 476 g/mol. The number of aromatic nitrogens is 2. The molecule has 1 aromatic heterocycles. The Hall–Kier alpha value is -2.51. The summed E-state index contributed by atoms with van der Waals surface area (Å²) in [7, 11) is -1.10. The number of hydrogen-bond donors (Lipinski definition) is 2. The number of anilines is 1. The van der Waals surface area contributed by atoms with E-state index in [4.69, 9.17) is 4.89 Å². The van der Waals surface area contributed by atoms with E-state index >= 15 is 0 Å². The molecule has 0 saturated carbocycles. The van der Waals surface area contributed by atoms with Gasteiger partial charge in [-0.05, 0) is 35.9 Å². The highest BCUT2D eigenvalue weighted by molar-refractivity contribution is 9.10. The van der Waals surface area contributed by atoms with Gasteiger partial charge in [-0.1, -0.05) is 40.2 Å². The fraction of sp³-hybridized carbons (Fsp3) is 0.100. The predicted molar refractivity (Wildman–Crippen MR) is 116 cm³/mol. The van der Waals surface area contributed by atoms with Crippen LogP contribution in [-0.2, 0) is 27.5 Å². The molecule has 1 atom stereocenters. The van der Waals surface area contributed by atoms with Crippen LogP contribution in [0, 0.1) is 0 Å². The molecule has 0 spiro atoms. The molecular weight excluding hydrogens is 457 g/mol. The van der Waals surface area contributed by atoms with Crippen LogP contribution in [0.4, 0.5) is 5.69 Å². The van der Waals surface area contributed by atoms with E-state index in [-0.39, 0.29) is 12.5 Å². The maximum atomic E-state index is 12.3. The van der Waals surface area contributed by atoms with E-state index in [1.54, 1.807) is 41.2 Å². The lowest BCUT2D eigenvalue weighted by Gasteiger charge is -2.05. The Labute approximate surface area is 177 Å². The van der Waals surface area contributed by atoms with E-state index in [2.05, 4.69) is 30.9 Å². The van der Waals surface area contributed by atoms with Gasteiger partial charge in [-0.15, -0.1) is 0 Å². The zero-order chi connectivity index (χ0) is 20.8. The van der Waals surface area contributed by atoms with Crippen molar-refractivity contribution in [2.45, 2.75) is 6.61 Å². The number of aryl methyl sites for hydroxylation is 1. The van der Waals surface area contributed by atoms with E-state index in [1.165, 1.54) is 6.08 Å². The Morgan fingerprint density at radius 3 is 2.59 bits per heavy atom. The van der Waals surface area contributed by atoms with E-state index in [0.29, 0.717) is 5.69 Å². The molecule has 1 unspecified atom stereocenters. The fourth-order valence-corrected chi connectivity index (χ4v) is 3.27. The average Bonchev–Trinajstić information content (AvgIpc) is 3.07. The van der Waals surface area contributed by atoms with Crippen LogP contribution in [0.25, 0.3) is 17.3 Å². The molecule has 1 amide bonds. The van der Waals surface area contributed by atoms with Gasteiger partial charge in [0.05, 0.1) is 18.5 Å². The predicted octanol–water partition coefficient (Wildman–Crippen LogP) is 4.40. The molecule has 3 rings (SSSR count). The first kappa shape index (κ1) is 21.2. The Morgan fingerprint density at radius 2 is 1.93 bits per heavy atom. The lowest BCUT2D eigenvalue weighted by molar-refractivity contribution is -0.111. The third kappa shape index (κ3) is 5.98. The van der Waals surface area contributed by atoms with Crippen LogP contribution in [0.3, 0.4) is 0 Å². The Bertz CT molecular complexity index is 1050. The van der Waals surface area contributed by atoms with Crippen LogP contribution in [0.15, 0.2) is 65.3 Å². The van der Waals surface area contributed by atoms with Crippen molar-refractivity contribution in [2.24, 2.45) is 7.05 Å². The molecule has 0 aliphatic rings. The van der Waals surface area contributed by atoms with Gasteiger partial charge in [0.15, 0.2) is 0 Å². The standard InChI is InChI=1S/C20H19BrN3O4P/c1-24-20(15-4-7-17(21)8-5-15)16(12-22-24)6-11-19(25)23-18-9-2-14(3-10-18)13-28-29(26)27/h2-12,29H,13H2,1H3,(H,23,25)(H,26,27)/b11-6+. The van der Waals surface area contributed by atoms with Crippen molar-refractivity contribution >= 4 is 41.9 Å². The first-order valence-corrected chi connectivity index (χ1v) is 10.7. The van der Waals surface area contributed by atoms with E-state index in [0.717, 1.165) is 26.9 Å². The lowest BCUT2D eigenvalue weighted by Crippen LogP contribution is -2.07. The zero-order valence-electron chi connectivity index (χ0n) is 15.5. The highest BCUT2D eigenvalue weighted by Crippen LogP contribution is 2.26. The minimum absolute atomic E-state index is 0.0439. The van der Waals surface area contributed by atoms with Crippen molar-refractivity contribution < 1.29 is 18.8 Å². The second kappa shape index (κ2) is 9.80. The third-order valence-corrected chi connectivity index (χ3v) is 5.00. The van der Waals surface area contributed by atoms with Crippen LogP contribution in [-0.4, -0.2) is 20.6 Å². The number of carbonyl (C=O) groups is 1. The smallest absolute Gasteiger partial charge is 0.316 e. The molecule has 0 aliphatic heterocycles. The van der Waals surface area contributed by atoms with Crippen LogP contribution >= 0.6 is 24.2 Å². The summed E-state index contributed by atoms with van der Waals surface area (Å²) in [5, 5.41) is 7.06. The number of halogens is 1. The molecule has 0 fully saturated rings. The summed E-state index contributed by atoms with van der Waals surface area (Å²) in [6, 6.07) is 14.7. The minimum Gasteiger partial charge on any atom is -0.326 e. The van der Waals surface area contributed by atoms with Gasteiger partial charge in [-0.2, -0.15) is 5.10 Å². The maximum Gasteiger partial charge on any atom is 0.316 e. The number of amides is 1. The summed E-state index contributed by atoms with van der Waals surface area (Å²) in [4.78, 5) is 21.0. The normalized spacial score (nSPS) is 12.2. The van der Waals surface area contributed by atoms with Crippen molar-refractivity contribution in [3.63, 3.8) is 0 Å². The summed E-state index contributed by atoms with van der Waals surface area (Å²) in [5.41, 5.74) is 4.09. The van der Waals surface area contributed by atoms with Crippen molar-refractivity contribution in [3.8, 4) is 11.3 Å². The molecule has 1 heterocycles. The lowest BCUT2D eigenvalue weighted by atomic mass is 10.1. The molecule has 9 heteroatoms. The number of nitrogens with one attached hydrogen (secondary N) is 1. The highest BCUT2D eigenvalue weighted by atomic mass is 79.9. The van der Waals surface area contributed by atoms with E-state index in [9.17, 15) is 9.36 Å². The van der Waals surface area contributed by atoms with Gasteiger partial charge in [0.1, 0.15) is 0 Å². The molecule has 2 N–H and O–H groups in total. The van der Waals surface area contributed by atoms with Gasteiger partial charge in [-0.25, -0.2) is 0 Å². The SMILES string of the molecule is Cn1ncc(/C=C/C(=O)Nc2ccc(CO[PH](=O)O)cc2)c1-c1ccc(Br)cc1. The van der Waals surface area contributed by atoms with Crippen LogP contribution < -0.4 is 5.32 Å². The molecule has 29 heavy (non-hydrogen) atoms. The number of carbonyl (C=O) groups excluding carboxylic acids is 1. The molecular formula is C20H19BrN3O4P. The Morgan fingerprint density at radius 1 is 1.24 bits per heavy atom. The molecule has 0 bridgehead atoms. The Kier molecular flexibility index (Phi) is 7.17. The van der Waals surface area contributed by atoms with Crippen molar-refractivity contribution in [1.82, 2.24) is 9.78 Å². The van der Waals surface area contributed by atoms with Gasteiger partial charge in [0, 0.05) is 34.4 Å². The zero-order valence-corrected chi connectivity index (χ0v) is 18.1. The second-order valence-corrected chi connectivity index (χ2v) is 7.89. The molecule has 150 valence electrons. The van der Waals surface area contributed by atoms with Gasteiger partial charge in [0.25, 0.3) is 0 Å². The van der Waals surface area contributed by atoms with Crippen molar-refractivity contribution in [2.75, 3.05) is 5.32 Å². The molecule has 7 nitrogen and oxygen atoms in total. The summed E-state index contributed by atoms with van der Waals surface area (Å²) >= 11 is 3.43.